The van der Waals surface area contributed by atoms with Gasteiger partial charge in [0.1, 0.15) is 12.4 Å². The molecular formula is C20H24N4O2. The van der Waals surface area contributed by atoms with Gasteiger partial charge in [0, 0.05) is 44.5 Å². The maximum Gasteiger partial charge on any atom is 0.410 e. The smallest absolute Gasteiger partial charge is 0.410 e. The molecule has 1 amide bonds. The second-order valence-corrected chi connectivity index (χ2v) is 7.79. The Kier molecular flexibility index (Phi) is 3.74. The Balaban J connectivity index is 1.37. The molecule has 6 nitrogen and oxygen atoms in total. The number of imidazole rings is 1. The molecule has 136 valence electrons. The van der Waals surface area contributed by atoms with Gasteiger partial charge in [-0.25, -0.2) is 9.78 Å². The topological polar surface area (TPSA) is 50.6 Å². The van der Waals surface area contributed by atoms with Crippen LogP contribution < -0.4 is 0 Å². The number of ether oxygens (including phenoxy) is 1. The van der Waals surface area contributed by atoms with Crippen LogP contribution in [0.25, 0.3) is 0 Å². The van der Waals surface area contributed by atoms with Gasteiger partial charge in [-0.15, -0.1) is 0 Å². The summed E-state index contributed by atoms with van der Waals surface area (Å²) >= 11 is 0. The summed E-state index contributed by atoms with van der Waals surface area (Å²) in [7, 11) is 0. The minimum absolute atomic E-state index is 0.167. The lowest BCUT2D eigenvalue weighted by molar-refractivity contribution is 0.0457. The Bertz CT molecular complexity index is 801. The molecule has 1 saturated carbocycles. The van der Waals surface area contributed by atoms with Crippen molar-refractivity contribution in [3.63, 3.8) is 0 Å². The molecule has 2 aromatic rings. The van der Waals surface area contributed by atoms with E-state index in [-0.39, 0.29) is 11.6 Å². The SMILES string of the molecule is O=C1OCC2(Cc3ccccc3)CN(Cc3nccn3C3CC3)CCN12. The molecule has 0 radical (unpaired) electrons. The highest BCUT2D eigenvalue weighted by molar-refractivity contribution is 5.71. The highest BCUT2D eigenvalue weighted by atomic mass is 16.6. The molecule has 2 saturated heterocycles. The number of hydrogen-bond acceptors (Lipinski definition) is 4. The fourth-order valence-electron chi connectivity index (χ4n) is 4.41. The first-order chi connectivity index (χ1) is 12.7. The van der Waals surface area contributed by atoms with Crippen molar-refractivity contribution in [2.24, 2.45) is 0 Å². The van der Waals surface area contributed by atoms with Gasteiger partial charge < -0.3 is 9.30 Å². The molecule has 5 rings (SSSR count). The first kappa shape index (κ1) is 15.9. The van der Waals surface area contributed by atoms with Gasteiger partial charge in [0.15, 0.2) is 0 Å². The number of cyclic esters (lactones) is 1. The number of carbonyl (C=O) groups excluding carboxylic acids is 1. The third-order valence-electron chi connectivity index (χ3n) is 5.85. The van der Waals surface area contributed by atoms with E-state index in [1.807, 2.05) is 17.2 Å². The predicted octanol–water partition coefficient (Wildman–Crippen LogP) is 2.47. The molecule has 3 fully saturated rings. The van der Waals surface area contributed by atoms with Crippen LogP contribution in [0.15, 0.2) is 42.7 Å². The summed E-state index contributed by atoms with van der Waals surface area (Å²) in [6.45, 7) is 3.71. The van der Waals surface area contributed by atoms with E-state index in [4.69, 9.17) is 4.74 Å². The van der Waals surface area contributed by atoms with Crippen molar-refractivity contribution < 1.29 is 9.53 Å². The summed E-state index contributed by atoms with van der Waals surface area (Å²) in [6, 6.07) is 11.0. The maximum atomic E-state index is 12.2. The molecule has 0 bridgehead atoms. The molecule has 1 aliphatic carbocycles. The molecular weight excluding hydrogens is 328 g/mol. The summed E-state index contributed by atoms with van der Waals surface area (Å²) in [5.74, 6) is 1.14. The number of fused-ring (bicyclic) bond motifs is 1. The average Bonchev–Trinajstić information content (AvgIpc) is 3.31. The van der Waals surface area contributed by atoms with E-state index < -0.39 is 0 Å². The monoisotopic (exact) mass is 352 g/mol. The molecule has 6 heteroatoms. The zero-order valence-corrected chi connectivity index (χ0v) is 14.9. The van der Waals surface area contributed by atoms with Crippen LogP contribution in [0, 0.1) is 0 Å². The third kappa shape index (κ3) is 2.78. The van der Waals surface area contributed by atoms with E-state index in [0.717, 1.165) is 38.4 Å². The van der Waals surface area contributed by atoms with Crippen LogP contribution in [0.2, 0.25) is 0 Å². The van der Waals surface area contributed by atoms with Gasteiger partial charge in [-0.05, 0) is 18.4 Å². The maximum absolute atomic E-state index is 12.2. The first-order valence-corrected chi connectivity index (χ1v) is 9.46. The first-order valence-electron chi connectivity index (χ1n) is 9.46. The molecule has 0 spiro atoms. The number of benzene rings is 1. The molecule has 1 unspecified atom stereocenters. The third-order valence-corrected chi connectivity index (χ3v) is 5.85. The van der Waals surface area contributed by atoms with Crippen LogP contribution >= 0.6 is 0 Å². The van der Waals surface area contributed by atoms with Crippen LogP contribution in [0.5, 0.6) is 0 Å². The minimum Gasteiger partial charge on any atom is -0.447 e. The number of amides is 1. The van der Waals surface area contributed by atoms with Gasteiger partial charge in [-0.3, -0.25) is 9.80 Å². The van der Waals surface area contributed by atoms with Crippen LogP contribution in [-0.2, 0) is 17.7 Å². The number of hydrogen-bond donors (Lipinski definition) is 0. The summed E-state index contributed by atoms with van der Waals surface area (Å²) < 4.78 is 7.80. The van der Waals surface area contributed by atoms with E-state index >= 15 is 0 Å². The van der Waals surface area contributed by atoms with Crippen molar-refractivity contribution in [2.75, 3.05) is 26.2 Å². The van der Waals surface area contributed by atoms with E-state index in [1.54, 1.807) is 0 Å². The van der Waals surface area contributed by atoms with Gasteiger partial charge in [0.2, 0.25) is 0 Å². The Morgan fingerprint density at radius 1 is 1.19 bits per heavy atom. The zero-order valence-electron chi connectivity index (χ0n) is 14.9. The molecule has 0 N–H and O–H groups in total. The van der Waals surface area contributed by atoms with Crippen LogP contribution in [0.1, 0.15) is 30.3 Å². The minimum atomic E-state index is -0.270. The largest absolute Gasteiger partial charge is 0.447 e. The van der Waals surface area contributed by atoms with Gasteiger partial charge in [-0.2, -0.15) is 0 Å². The Labute approximate surface area is 153 Å². The Hall–Kier alpha value is -2.34. The van der Waals surface area contributed by atoms with Crippen molar-refractivity contribution >= 4 is 6.09 Å². The molecule has 26 heavy (non-hydrogen) atoms. The summed E-state index contributed by atoms with van der Waals surface area (Å²) in [6.07, 6.45) is 7.19. The summed E-state index contributed by atoms with van der Waals surface area (Å²) in [4.78, 5) is 21.2. The van der Waals surface area contributed by atoms with Gasteiger partial charge in [-0.1, -0.05) is 30.3 Å². The number of aromatic nitrogens is 2. The van der Waals surface area contributed by atoms with Crippen molar-refractivity contribution in [1.29, 1.82) is 0 Å². The molecule has 2 aliphatic heterocycles. The standard InChI is InChI=1S/C20H24N4O2/c25-19-24-11-10-22(13-18-21-8-9-23(18)17-6-7-17)14-20(24,15-26-19)12-16-4-2-1-3-5-16/h1-5,8-9,17H,6-7,10-15H2. The molecule has 3 heterocycles. The van der Waals surface area contributed by atoms with Gasteiger partial charge in [0.05, 0.1) is 12.1 Å². The Morgan fingerprint density at radius 3 is 2.85 bits per heavy atom. The highest BCUT2D eigenvalue weighted by Gasteiger charge is 2.50. The van der Waals surface area contributed by atoms with E-state index in [2.05, 4.69) is 44.9 Å². The lowest BCUT2D eigenvalue weighted by Gasteiger charge is -2.44. The van der Waals surface area contributed by atoms with Gasteiger partial charge in [0.25, 0.3) is 0 Å². The number of piperazine rings is 1. The molecule has 1 atom stereocenters. The molecule has 1 aromatic carbocycles. The fourth-order valence-corrected chi connectivity index (χ4v) is 4.41. The number of carbonyl (C=O) groups is 1. The van der Waals surface area contributed by atoms with Crippen molar-refractivity contribution in [2.45, 2.75) is 37.4 Å². The molecule has 1 aromatic heterocycles. The van der Waals surface area contributed by atoms with Gasteiger partial charge >= 0.3 is 6.09 Å². The lowest BCUT2D eigenvalue weighted by atomic mass is 9.88. The second kappa shape index (κ2) is 6.13. The normalized spacial score (nSPS) is 26.0. The average molecular weight is 352 g/mol. The van der Waals surface area contributed by atoms with Crippen molar-refractivity contribution in [3.05, 3.63) is 54.1 Å². The van der Waals surface area contributed by atoms with Crippen LogP contribution in [-0.4, -0.2) is 57.2 Å². The second-order valence-electron chi connectivity index (χ2n) is 7.79. The summed E-state index contributed by atoms with van der Waals surface area (Å²) in [5.41, 5.74) is 0.977. The van der Waals surface area contributed by atoms with E-state index in [1.165, 1.54) is 18.4 Å². The Morgan fingerprint density at radius 2 is 2.04 bits per heavy atom. The predicted molar refractivity (Wildman–Crippen MR) is 96.7 cm³/mol. The lowest BCUT2D eigenvalue weighted by Crippen LogP contribution is -2.62. The number of nitrogens with zero attached hydrogens (tertiary/aromatic N) is 4. The zero-order chi connectivity index (χ0) is 17.6. The van der Waals surface area contributed by atoms with Crippen LogP contribution in [0.4, 0.5) is 4.79 Å². The van der Waals surface area contributed by atoms with E-state index in [9.17, 15) is 4.79 Å². The quantitative estimate of drug-likeness (QED) is 0.829. The fraction of sp³-hybridized carbons (Fsp3) is 0.500. The van der Waals surface area contributed by atoms with Crippen molar-refractivity contribution in [3.8, 4) is 0 Å². The highest BCUT2D eigenvalue weighted by Crippen LogP contribution is 2.36. The molecule has 3 aliphatic rings. The van der Waals surface area contributed by atoms with Crippen LogP contribution in [0.3, 0.4) is 0 Å². The summed E-state index contributed by atoms with van der Waals surface area (Å²) in [5, 5.41) is 0. The van der Waals surface area contributed by atoms with E-state index in [0.29, 0.717) is 12.6 Å². The van der Waals surface area contributed by atoms with Crippen molar-refractivity contribution in [1.82, 2.24) is 19.4 Å². The number of rotatable bonds is 5.